The second-order valence-corrected chi connectivity index (χ2v) is 7.99. The smallest absolute Gasteiger partial charge is 0.408 e. The lowest BCUT2D eigenvalue weighted by molar-refractivity contribution is -0.122. The number of ether oxygens (including phenoxy) is 1. The fourth-order valence-electron chi connectivity index (χ4n) is 2.69. The van der Waals surface area contributed by atoms with Crippen LogP contribution in [0.3, 0.4) is 0 Å². The molecule has 0 saturated carbocycles. The third-order valence-electron chi connectivity index (χ3n) is 4.14. The molecular weight excluding hydrogens is 316 g/mol. The van der Waals surface area contributed by atoms with E-state index in [1.807, 2.05) is 0 Å². The van der Waals surface area contributed by atoms with Crippen molar-refractivity contribution in [3.63, 3.8) is 0 Å². The van der Waals surface area contributed by atoms with E-state index in [1.165, 1.54) is 44.9 Å². The molecule has 0 heterocycles. The lowest BCUT2D eigenvalue weighted by Crippen LogP contribution is -2.47. The number of nitrogens with one attached hydrogen (secondary N) is 1. The van der Waals surface area contributed by atoms with Gasteiger partial charge in [0.05, 0.1) is 12.1 Å². The maximum Gasteiger partial charge on any atom is 0.408 e. The number of nitrogens with two attached hydrogens (primary N) is 1. The van der Waals surface area contributed by atoms with Crippen LogP contribution in [-0.4, -0.2) is 29.6 Å². The summed E-state index contributed by atoms with van der Waals surface area (Å²) in [7, 11) is 0. The molecule has 148 valence electrons. The summed E-state index contributed by atoms with van der Waals surface area (Å²) in [5.74, 6) is -0.134. The first-order valence-corrected chi connectivity index (χ1v) is 9.96. The van der Waals surface area contributed by atoms with Crippen molar-refractivity contribution in [2.24, 2.45) is 5.73 Å². The van der Waals surface area contributed by atoms with Crippen LogP contribution in [0.4, 0.5) is 4.79 Å². The monoisotopic (exact) mass is 356 g/mol. The molecule has 0 bridgehead atoms. The molecule has 0 aromatic heterocycles. The van der Waals surface area contributed by atoms with E-state index in [0.717, 1.165) is 12.8 Å². The van der Waals surface area contributed by atoms with Gasteiger partial charge in [0.1, 0.15) is 5.60 Å². The molecule has 1 amide bonds. The molecule has 1 unspecified atom stereocenters. The Kier molecular flexibility index (Phi) is 12.6. The van der Waals surface area contributed by atoms with Gasteiger partial charge in [0.25, 0.3) is 0 Å². The molecule has 0 spiro atoms. The Morgan fingerprint density at radius 2 is 1.44 bits per heavy atom. The van der Waals surface area contributed by atoms with Gasteiger partial charge in [-0.1, -0.05) is 64.7 Å². The van der Waals surface area contributed by atoms with Crippen LogP contribution in [0.1, 0.15) is 98.8 Å². The highest BCUT2D eigenvalue weighted by molar-refractivity contribution is 5.91. The topological polar surface area (TPSA) is 81.4 Å². The van der Waals surface area contributed by atoms with E-state index in [1.54, 1.807) is 27.7 Å². The Balaban J connectivity index is 3.82. The van der Waals surface area contributed by atoms with Crippen LogP contribution in [-0.2, 0) is 9.53 Å². The number of Topliss-reactive ketones (excluding diaryl/α,β-unsaturated/α-hetero) is 1. The number of hydrogen-bond acceptors (Lipinski definition) is 4. The maximum atomic E-state index is 12.2. The summed E-state index contributed by atoms with van der Waals surface area (Å²) in [6.07, 6.45) is 11.3. The van der Waals surface area contributed by atoms with Crippen LogP contribution < -0.4 is 11.1 Å². The van der Waals surface area contributed by atoms with Crippen molar-refractivity contribution in [1.29, 1.82) is 0 Å². The van der Waals surface area contributed by atoms with Gasteiger partial charge < -0.3 is 15.8 Å². The standard InChI is InChI=1S/C20H40N2O3/c1-6-7-8-9-10-11-12-13-14-15-17(21)18(23)16(2)22-19(24)25-20(3,4)5/h16-17H,6-15,21H2,1-5H3,(H,22,24)/t16-,17?/m0/s1. The maximum absolute atomic E-state index is 12.2. The Bertz CT molecular complexity index is 378. The van der Waals surface area contributed by atoms with Gasteiger partial charge in [-0.25, -0.2) is 4.79 Å². The molecule has 0 saturated heterocycles. The lowest BCUT2D eigenvalue weighted by Gasteiger charge is -2.22. The number of carbonyl (C=O) groups excluding carboxylic acids is 2. The quantitative estimate of drug-likeness (QED) is 0.468. The van der Waals surface area contributed by atoms with Gasteiger partial charge in [-0.2, -0.15) is 0 Å². The van der Waals surface area contributed by atoms with E-state index >= 15 is 0 Å². The Morgan fingerprint density at radius 1 is 0.960 bits per heavy atom. The Labute approximate surface area is 154 Å². The molecule has 5 nitrogen and oxygen atoms in total. The molecule has 0 aromatic rings. The van der Waals surface area contributed by atoms with Gasteiger partial charge in [-0.15, -0.1) is 0 Å². The molecule has 0 aromatic carbocycles. The lowest BCUT2D eigenvalue weighted by atomic mass is 10.00. The second kappa shape index (κ2) is 13.2. The number of alkyl carbamates (subject to hydrolysis) is 1. The molecule has 3 N–H and O–H groups in total. The van der Waals surface area contributed by atoms with Gasteiger partial charge >= 0.3 is 6.09 Å². The Morgan fingerprint density at radius 3 is 1.92 bits per heavy atom. The first-order valence-electron chi connectivity index (χ1n) is 9.96. The largest absolute Gasteiger partial charge is 0.444 e. The summed E-state index contributed by atoms with van der Waals surface area (Å²) in [4.78, 5) is 23.9. The molecule has 0 aliphatic carbocycles. The minimum atomic E-state index is -0.622. The highest BCUT2D eigenvalue weighted by atomic mass is 16.6. The van der Waals surface area contributed by atoms with Crippen molar-refractivity contribution in [3.8, 4) is 0 Å². The SMILES string of the molecule is CCCCCCCCCCCC(N)C(=O)[C@H](C)NC(=O)OC(C)(C)C. The number of hydrogen-bond donors (Lipinski definition) is 2. The zero-order valence-electron chi connectivity index (χ0n) is 17.0. The minimum absolute atomic E-state index is 0.134. The van der Waals surface area contributed by atoms with Gasteiger partial charge in [0.15, 0.2) is 5.78 Å². The molecule has 0 rings (SSSR count). The molecule has 2 atom stereocenters. The van der Waals surface area contributed by atoms with Crippen LogP contribution in [0.2, 0.25) is 0 Å². The van der Waals surface area contributed by atoms with Crippen LogP contribution >= 0.6 is 0 Å². The molecular formula is C20H40N2O3. The minimum Gasteiger partial charge on any atom is -0.444 e. The van der Waals surface area contributed by atoms with E-state index in [2.05, 4.69) is 12.2 Å². The summed E-state index contributed by atoms with van der Waals surface area (Å²) < 4.78 is 5.16. The molecule has 5 heteroatoms. The van der Waals surface area contributed by atoms with E-state index in [9.17, 15) is 9.59 Å². The number of carbonyl (C=O) groups is 2. The number of ketones is 1. The average molecular weight is 357 g/mol. The van der Waals surface area contributed by atoms with Crippen molar-refractivity contribution in [2.45, 2.75) is 117 Å². The van der Waals surface area contributed by atoms with E-state index in [0.29, 0.717) is 6.42 Å². The number of amides is 1. The second-order valence-electron chi connectivity index (χ2n) is 7.99. The van der Waals surface area contributed by atoms with E-state index in [4.69, 9.17) is 10.5 Å². The summed E-state index contributed by atoms with van der Waals surface area (Å²) in [6, 6.07) is -1.14. The summed E-state index contributed by atoms with van der Waals surface area (Å²) in [6.45, 7) is 9.24. The normalized spacial score (nSPS) is 14.0. The third-order valence-corrected chi connectivity index (χ3v) is 4.14. The van der Waals surface area contributed by atoms with Gasteiger partial charge in [-0.05, 0) is 34.1 Å². The van der Waals surface area contributed by atoms with Crippen LogP contribution in [0, 0.1) is 0 Å². The van der Waals surface area contributed by atoms with Gasteiger partial charge in [0, 0.05) is 0 Å². The first kappa shape index (κ1) is 23.9. The van der Waals surface area contributed by atoms with Crippen molar-refractivity contribution in [2.75, 3.05) is 0 Å². The first-order chi connectivity index (χ1) is 11.7. The molecule has 0 aliphatic heterocycles. The zero-order chi connectivity index (χ0) is 19.3. The fraction of sp³-hybridized carbons (Fsp3) is 0.900. The highest BCUT2D eigenvalue weighted by Crippen LogP contribution is 2.12. The summed E-state index contributed by atoms with van der Waals surface area (Å²) in [5.41, 5.74) is 5.40. The molecule has 0 radical (unpaired) electrons. The van der Waals surface area contributed by atoms with Gasteiger partial charge in [-0.3, -0.25) is 4.79 Å². The van der Waals surface area contributed by atoms with E-state index in [-0.39, 0.29) is 5.78 Å². The van der Waals surface area contributed by atoms with Crippen molar-refractivity contribution < 1.29 is 14.3 Å². The summed E-state index contributed by atoms with van der Waals surface area (Å²) >= 11 is 0. The van der Waals surface area contributed by atoms with Crippen LogP contribution in [0.15, 0.2) is 0 Å². The third kappa shape index (κ3) is 13.8. The summed E-state index contributed by atoms with van der Waals surface area (Å²) in [5, 5.41) is 2.56. The van der Waals surface area contributed by atoms with E-state index < -0.39 is 23.8 Å². The van der Waals surface area contributed by atoms with Crippen molar-refractivity contribution in [3.05, 3.63) is 0 Å². The predicted molar refractivity (Wildman–Crippen MR) is 104 cm³/mol. The number of unbranched alkanes of at least 4 members (excludes halogenated alkanes) is 8. The van der Waals surface area contributed by atoms with Crippen molar-refractivity contribution in [1.82, 2.24) is 5.32 Å². The average Bonchev–Trinajstić information content (AvgIpc) is 2.50. The fourth-order valence-corrected chi connectivity index (χ4v) is 2.69. The molecule has 0 fully saturated rings. The Hall–Kier alpha value is -1.10. The highest BCUT2D eigenvalue weighted by Gasteiger charge is 2.24. The van der Waals surface area contributed by atoms with Crippen molar-refractivity contribution >= 4 is 11.9 Å². The van der Waals surface area contributed by atoms with Gasteiger partial charge in [0.2, 0.25) is 0 Å². The molecule has 0 aliphatic rings. The van der Waals surface area contributed by atoms with Crippen LogP contribution in [0.25, 0.3) is 0 Å². The predicted octanol–water partition coefficient (Wildman–Crippen LogP) is 4.72. The number of rotatable bonds is 13. The van der Waals surface area contributed by atoms with Crippen LogP contribution in [0.5, 0.6) is 0 Å². The molecule has 25 heavy (non-hydrogen) atoms. The zero-order valence-corrected chi connectivity index (χ0v) is 17.0.